The van der Waals surface area contributed by atoms with Crippen molar-refractivity contribution in [3.63, 3.8) is 0 Å². The molecule has 1 saturated carbocycles. The molecule has 0 unspecified atom stereocenters. The van der Waals surface area contributed by atoms with Crippen LogP contribution in [0.2, 0.25) is 0 Å². The Labute approximate surface area is 223 Å². The molecule has 0 spiro atoms. The summed E-state index contributed by atoms with van der Waals surface area (Å²) < 4.78 is 33.5. The van der Waals surface area contributed by atoms with Crippen LogP contribution in [0.4, 0.5) is 15.8 Å². The highest BCUT2D eigenvalue weighted by molar-refractivity contribution is 6.02. The quantitative estimate of drug-likeness (QED) is 0.310. The number of methoxy groups -OCH3 is 2. The number of amides is 1. The van der Waals surface area contributed by atoms with Crippen LogP contribution in [0.1, 0.15) is 35.8 Å². The highest BCUT2D eigenvalue weighted by atomic mass is 19.1. The van der Waals surface area contributed by atoms with Crippen molar-refractivity contribution in [2.45, 2.75) is 26.3 Å². The van der Waals surface area contributed by atoms with Crippen LogP contribution in [0.5, 0.6) is 17.2 Å². The normalized spacial score (nSPS) is 13.1. The predicted octanol–water partition coefficient (Wildman–Crippen LogP) is 3.53. The van der Waals surface area contributed by atoms with Gasteiger partial charge < -0.3 is 19.5 Å². The molecule has 1 N–H and O–H groups in total. The van der Waals surface area contributed by atoms with E-state index < -0.39 is 28.7 Å². The molecule has 1 amide bonds. The zero-order valence-corrected chi connectivity index (χ0v) is 22.0. The molecule has 204 valence electrons. The maximum absolute atomic E-state index is 15.1. The topological polar surface area (TPSA) is 126 Å². The van der Waals surface area contributed by atoms with E-state index in [1.54, 1.807) is 25.1 Å². The molecule has 12 heteroatoms. The van der Waals surface area contributed by atoms with Gasteiger partial charge in [-0.15, -0.1) is 0 Å². The van der Waals surface area contributed by atoms with Crippen LogP contribution in [-0.4, -0.2) is 41.2 Å². The zero-order valence-electron chi connectivity index (χ0n) is 22.0. The summed E-state index contributed by atoms with van der Waals surface area (Å²) in [5.41, 5.74) is -0.863. The number of anilines is 1. The summed E-state index contributed by atoms with van der Waals surface area (Å²) in [6.45, 7) is 5.51. The predicted molar refractivity (Wildman–Crippen MR) is 144 cm³/mol. The monoisotopic (exact) mass is 537 g/mol. The largest absolute Gasteiger partial charge is 0.493 e. The molecule has 0 saturated heterocycles. The first kappa shape index (κ1) is 27.3. The van der Waals surface area contributed by atoms with Crippen molar-refractivity contribution < 1.29 is 23.4 Å². The molecule has 0 bridgehead atoms. The minimum atomic E-state index is -0.866. The number of hydrogen-bond acceptors (Lipinski definition) is 8. The Hall–Kier alpha value is -4.74. The van der Waals surface area contributed by atoms with E-state index in [-0.39, 0.29) is 29.7 Å². The van der Waals surface area contributed by atoms with Gasteiger partial charge >= 0.3 is 5.69 Å². The molecule has 1 aliphatic carbocycles. The molecule has 0 aliphatic heterocycles. The van der Waals surface area contributed by atoms with Gasteiger partial charge in [0.05, 0.1) is 19.9 Å². The first-order valence-electron chi connectivity index (χ1n) is 12.1. The second kappa shape index (κ2) is 11.3. The van der Waals surface area contributed by atoms with Crippen LogP contribution in [0, 0.1) is 11.7 Å². The van der Waals surface area contributed by atoms with E-state index in [1.807, 2.05) is 0 Å². The second-order valence-electron chi connectivity index (χ2n) is 8.85. The lowest BCUT2D eigenvalue weighted by molar-refractivity contribution is 0.101. The average Bonchev–Trinajstić information content (AvgIpc) is 3.76. The Kier molecular flexibility index (Phi) is 7.93. The molecule has 1 heterocycles. The van der Waals surface area contributed by atoms with Gasteiger partial charge in [-0.2, -0.15) is 5.10 Å². The van der Waals surface area contributed by atoms with Gasteiger partial charge in [0.15, 0.2) is 23.1 Å². The second-order valence-corrected chi connectivity index (χ2v) is 8.85. The van der Waals surface area contributed by atoms with E-state index in [9.17, 15) is 14.4 Å². The van der Waals surface area contributed by atoms with E-state index in [0.717, 1.165) is 28.2 Å². The third-order valence-corrected chi connectivity index (χ3v) is 6.17. The summed E-state index contributed by atoms with van der Waals surface area (Å²) in [5.74, 6) is -0.399. The third kappa shape index (κ3) is 5.74. The summed E-state index contributed by atoms with van der Waals surface area (Å²) in [6.07, 6.45) is 3.46. The van der Waals surface area contributed by atoms with E-state index in [2.05, 4.69) is 22.1 Å². The van der Waals surface area contributed by atoms with Crippen LogP contribution in [0.3, 0.4) is 0 Å². The van der Waals surface area contributed by atoms with E-state index in [0.29, 0.717) is 22.7 Å². The van der Waals surface area contributed by atoms with Gasteiger partial charge in [-0.05, 0) is 56.7 Å². The number of aliphatic imine (C=N–C) groups is 1. The first-order valence-corrected chi connectivity index (χ1v) is 12.1. The average molecular weight is 538 g/mol. The molecule has 0 atom stereocenters. The van der Waals surface area contributed by atoms with Gasteiger partial charge in [-0.25, -0.2) is 13.9 Å². The molecule has 4 rings (SSSR count). The number of benzene rings is 2. The number of halogens is 1. The summed E-state index contributed by atoms with van der Waals surface area (Å²) in [6, 6.07) is 7.05. The Morgan fingerprint density at radius 3 is 2.46 bits per heavy atom. The number of carbonyl (C=O) groups excluding carboxylic acids is 1. The number of nitrogens with zero attached hydrogens (tertiary/aromatic N) is 4. The van der Waals surface area contributed by atoms with Crippen LogP contribution < -0.4 is 30.8 Å². The van der Waals surface area contributed by atoms with Crippen molar-refractivity contribution in [1.82, 2.24) is 14.3 Å². The van der Waals surface area contributed by atoms with E-state index in [1.165, 1.54) is 33.4 Å². The fourth-order valence-electron chi connectivity index (χ4n) is 3.92. The number of aromatic nitrogens is 3. The summed E-state index contributed by atoms with van der Waals surface area (Å²) in [5, 5.41) is 6.28. The molecule has 2 aromatic carbocycles. The van der Waals surface area contributed by atoms with Gasteiger partial charge in [0.25, 0.3) is 11.5 Å². The van der Waals surface area contributed by atoms with Crippen molar-refractivity contribution in [2.24, 2.45) is 18.0 Å². The Bertz CT molecular complexity index is 1590. The zero-order chi connectivity index (χ0) is 28.3. The fourth-order valence-corrected chi connectivity index (χ4v) is 3.92. The standard InChI is InChI=1S/C27H28FN5O6/c1-6-20(17-12-22(37-4)23(38-5)13-19(17)29-2)39-21-10-9-16(11-18(21)28)30-25(34)24-26(35)33(14-15-7-8-15)27(36)32(3)31-24/h6,9-13,15H,2,7-8,14H2,1,3-5H3,(H,30,34)/b20-6+. The number of ether oxygens (including phenoxy) is 3. The number of rotatable bonds is 10. The summed E-state index contributed by atoms with van der Waals surface area (Å²) in [4.78, 5) is 42.0. The fraction of sp³-hybridized carbons (Fsp3) is 0.296. The minimum Gasteiger partial charge on any atom is -0.493 e. The van der Waals surface area contributed by atoms with Gasteiger partial charge in [-0.1, -0.05) is 0 Å². The number of nitrogens with one attached hydrogen (secondary N) is 1. The number of hydrogen-bond donors (Lipinski definition) is 1. The highest BCUT2D eigenvalue weighted by Crippen LogP contribution is 2.39. The van der Waals surface area contributed by atoms with Crippen molar-refractivity contribution in [2.75, 3.05) is 19.5 Å². The van der Waals surface area contributed by atoms with Crippen LogP contribution in [0.15, 0.2) is 51.0 Å². The first-order chi connectivity index (χ1) is 18.7. The molecule has 1 fully saturated rings. The van der Waals surface area contributed by atoms with Crippen LogP contribution in [-0.2, 0) is 13.6 Å². The summed E-state index contributed by atoms with van der Waals surface area (Å²) >= 11 is 0. The van der Waals surface area contributed by atoms with Gasteiger partial charge in [0.1, 0.15) is 5.76 Å². The molecule has 0 radical (unpaired) electrons. The van der Waals surface area contributed by atoms with Gasteiger partial charge in [0.2, 0.25) is 5.69 Å². The van der Waals surface area contributed by atoms with Crippen LogP contribution >= 0.6 is 0 Å². The molecule has 11 nitrogen and oxygen atoms in total. The molecule has 39 heavy (non-hydrogen) atoms. The van der Waals surface area contributed by atoms with E-state index in [4.69, 9.17) is 14.2 Å². The van der Waals surface area contributed by atoms with Crippen molar-refractivity contribution in [3.8, 4) is 17.2 Å². The lowest BCUT2D eigenvalue weighted by Crippen LogP contribution is -2.44. The lowest BCUT2D eigenvalue weighted by atomic mass is 10.1. The van der Waals surface area contributed by atoms with Crippen LogP contribution in [0.25, 0.3) is 5.76 Å². The highest BCUT2D eigenvalue weighted by Gasteiger charge is 2.26. The van der Waals surface area contributed by atoms with Crippen molar-refractivity contribution in [3.05, 3.63) is 74.3 Å². The molecular formula is C27H28FN5O6. The smallest absolute Gasteiger partial charge is 0.347 e. The van der Waals surface area contributed by atoms with E-state index >= 15 is 4.39 Å². The molecular weight excluding hydrogens is 509 g/mol. The van der Waals surface area contributed by atoms with Crippen molar-refractivity contribution in [1.29, 1.82) is 0 Å². The number of allylic oxidation sites excluding steroid dienone is 1. The van der Waals surface area contributed by atoms with Gasteiger partial charge in [0, 0.05) is 37.0 Å². The Morgan fingerprint density at radius 1 is 1.18 bits per heavy atom. The Morgan fingerprint density at radius 2 is 1.87 bits per heavy atom. The maximum Gasteiger partial charge on any atom is 0.347 e. The molecule has 1 aliphatic rings. The Balaban J connectivity index is 1.57. The SMILES string of the molecule is C=Nc1cc(OC)c(OC)cc1/C(=C\C)Oc1ccc(NC(=O)c2nn(C)c(=O)n(CC3CC3)c2=O)cc1F. The minimum absolute atomic E-state index is 0.0650. The molecule has 3 aromatic rings. The summed E-state index contributed by atoms with van der Waals surface area (Å²) in [7, 11) is 4.34. The lowest BCUT2D eigenvalue weighted by Gasteiger charge is -2.16. The number of carbonyl (C=O) groups is 1. The maximum atomic E-state index is 15.1. The van der Waals surface area contributed by atoms with Crippen molar-refractivity contribution >= 4 is 29.8 Å². The molecule has 1 aromatic heterocycles. The van der Waals surface area contributed by atoms with Gasteiger partial charge in [-0.3, -0.25) is 19.1 Å². The third-order valence-electron chi connectivity index (χ3n) is 6.17. The number of aryl methyl sites for hydroxylation is 1.